The van der Waals surface area contributed by atoms with Gasteiger partial charge < -0.3 is 5.32 Å². The van der Waals surface area contributed by atoms with Gasteiger partial charge in [0.1, 0.15) is 0 Å². The largest absolute Gasteiger partial charge is 0.309 e. The fourth-order valence-corrected chi connectivity index (χ4v) is 4.73. The average Bonchev–Trinajstić information content (AvgIpc) is 3.14. The van der Waals surface area contributed by atoms with Crippen LogP contribution in [0.2, 0.25) is 5.02 Å². The number of nitrogens with one attached hydrogen (secondary N) is 1. The first-order valence-corrected chi connectivity index (χ1v) is 9.25. The Kier molecular flexibility index (Phi) is 4.70. The minimum Gasteiger partial charge on any atom is -0.309 e. The number of hydrogen-bond acceptors (Lipinski definition) is 2. The van der Waals surface area contributed by atoms with Crippen molar-refractivity contribution in [3.63, 3.8) is 0 Å². The van der Waals surface area contributed by atoms with Gasteiger partial charge in [-0.3, -0.25) is 0 Å². The summed E-state index contributed by atoms with van der Waals surface area (Å²) in [4.78, 5) is 2.71. The van der Waals surface area contributed by atoms with Crippen molar-refractivity contribution in [2.24, 2.45) is 5.92 Å². The third-order valence-electron chi connectivity index (χ3n) is 3.65. The van der Waals surface area contributed by atoms with Gasteiger partial charge in [0.2, 0.25) is 0 Å². The lowest BCUT2D eigenvalue weighted by atomic mass is 10.1. The van der Waals surface area contributed by atoms with Gasteiger partial charge in [0.25, 0.3) is 0 Å². The first kappa shape index (κ1) is 14.8. The zero-order chi connectivity index (χ0) is 14.1. The first-order chi connectivity index (χ1) is 9.69. The fraction of sp³-hybridized carbons (Fsp3) is 0.375. The van der Waals surface area contributed by atoms with Crippen molar-refractivity contribution in [1.82, 2.24) is 5.32 Å². The number of benzene rings is 1. The highest BCUT2D eigenvalue weighted by molar-refractivity contribution is 14.1. The summed E-state index contributed by atoms with van der Waals surface area (Å²) in [6.45, 7) is 3.21. The van der Waals surface area contributed by atoms with Crippen LogP contribution in [0.25, 0.3) is 10.4 Å². The molecule has 1 fully saturated rings. The summed E-state index contributed by atoms with van der Waals surface area (Å²) in [6.07, 6.45) is 2.71. The van der Waals surface area contributed by atoms with Crippen LogP contribution in [0.5, 0.6) is 0 Å². The number of rotatable bonds is 5. The molecule has 2 aromatic rings. The minimum absolute atomic E-state index is 0.529. The molecule has 0 spiro atoms. The maximum absolute atomic E-state index is 6.38. The zero-order valence-corrected chi connectivity index (χ0v) is 15.1. The van der Waals surface area contributed by atoms with E-state index in [4.69, 9.17) is 11.6 Å². The van der Waals surface area contributed by atoms with E-state index in [-0.39, 0.29) is 0 Å². The molecule has 0 amide bonds. The van der Waals surface area contributed by atoms with Crippen LogP contribution >= 0.6 is 45.5 Å². The standard InChI is InChI=1S/C16H17ClINS/c1-2-19-16(10-3-4-10)15-8-7-14(20-15)12-6-5-11(18)9-13(12)17/h5-10,16,19H,2-4H2,1H3. The Morgan fingerprint density at radius 2 is 2.15 bits per heavy atom. The van der Waals surface area contributed by atoms with E-state index in [1.807, 2.05) is 17.4 Å². The minimum atomic E-state index is 0.529. The molecule has 0 radical (unpaired) electrons. The summed E-state index contributed by atoms with van der Waals surface area (Å²) in [5.74, 6) is 0.827. The lowest BCUT2D eigenvalue weighted by molar-refractivity contribution is 0.504. The highest BCUT2D eigenvalue weighted by Gasteiger charge is 2.32. The number of thiophene rings is 1. The van der Waals surface area contributed by atoms with Gasteiger partial charge in [-0.05, 0) is 72.2 Å². The normalized spacial score (nSPS) is 16.4. The molecule has 0 bridgehead atoms. The van der Waals surface area contributed by atoms with Crippen molar-refractivity contribution < 1.29 is 0 Å². The summed E-state index contributed by atoms with van der Waals surface area (Å²) < 4.78 is 1.18. The molecule has 1 aromatic carbocycles. The van der Waals surface area contributed by atoms with Crippen LogP contribution < -0.4 is 5.32 Å². The topological polar surface area (TPSA) is 12.0 Å². The maximum Gasteiger partial charge on any atom is 0.0503 e. The Hall–Kier alpha value is -0.100. The molecule has 4 heteroatoms. The van der Waals surface area contributed by atoms with Gasteiger partial charge in [-0.25, -0.2) is 0 Å². The van der Waals surface area contributed by atoms with Crippen molar-refractivity contribution in [2.75, 3.05) is 6.54 Å². The van der Waals surface area contributed by atoms with E-state index in [0.29, 0.717) is 6.04 Å². The predicted octanol–water partition coefficient (Wildman–Crippen LogP) is 5.73. The number of halogens is 2. The molecule has 1 nitrogen and oxygen atoms in total. The predicted molar refractivity (Wildman–Crippen MR) is 96.6 cm³/mol. The summed E-state index contributed by atoms with van der Waals surface area (Å²) >= 11 is 10.5. The molecular weight excluding hydrogens is 401 g/mol. The van der Waals surface area contributed by atoms with Crippen molar-refractivity contribution in [3.05, 3.63) is 43.8 Å². The van der Waals surface area contributed by atoms with Crippen LogP contribution in [0.1, 0.15) is 30.7 Å². The molecule has 1 unspecified atom stereocenters. The fourth-order valence-electron chi connectivity index (χ4n) is 2.50. The summed E-state index contributed by atoms with van der Waals surface area (Å²) in [6, 6.07) is 11.3. The van der Waals surface area contributed by atoms with E-state index in [1.54, 1.807) is 0 Å². The van der Waals surface area contributed by atoms with Crippen LogP contribution in [0.15, 0.2) is 30.3 Å². The number of hydrogen-bond donors (Lipinski definition) is 1. The first-order valence-electron chi connectivity index (χ1n) is 6.97. The molecule has 0 saturated heterocycles. The van der Waals surface area contributed by atoms with Crippen LogP contribution in [0.4, 0.5) is 0 Å². The Morgan fingerprint density at radius 3 is 2.80 bits per heavy atom. The molecule has 106 valence electrons. The van der Waals surface area contributed by atoms with Gasteiger partial charge in [-0.2, -0.15) is 0 Å². The molecule has 1 saturated carbocycles. The molecule has 1 heterocycles. The van der Waals surface area contributed by atoms with Crippen molar-refractivity contribution in [3.8, 4) is 10.4 Å². The second-order valence-electron chi connectivity index (χ2n) is 5.20. The van der Waals surface area contributed by atoms with Gasteiger partial charge in [0.05, 0.1) is 5.02 Å². The Morgan fingerprint density at radius 1 is 1.35 bits per heavy atom. The van der Waals surface area contributed by atoms with E-state index in [1.165, 1.54) is 26.2 Å². The Labute approximate surface area is 142 Å². The van der Waals surface area contributed by atoms with Crippen LogP contribution in [0, 0.1) is 9.49 Å². The van der Waals surface area contributed by atoms with Gasteiger partial charge in [0.15, 0.2) is 0 Å². The van der Waals surface area contributed by atoms with E-state index < -0.39 is 0 Å². The van der Waals surface area contributed by atoms with Crippen LogP contribution in [-0.4, -0.2) is 6.54 Å². The molecule has 0 aliphatic heterocycles. The van der Waals surface area contributed by atoms with Gasteiger partial charge in [0, 0.05) is 24.9 Å². The molecule has 1 aromatic heterocycles. The lowest BCUT2D eigenvalue weighted by Crippen LogP contribution is -2.21. The van der Waals surface area contributed by atoms with Crippen LogP contribution in [0.3, 0.4) is 0 Å². The summed E-state index contributed by atoms with van der Waals surface area (Å²) in [7, 11) is 0. The quantitative estimate of drug-likeness (QED) is 0.612. The van der Waals surface area contributed by atoms with Gasteiger partial charge in [-0.15, -0.1) is 11.3 Å². The summed E-state index contributed by atoms with van der Waals surface area (Å²) in [5.41, 5.74) is 1.15. The smallest absolute Gasteiger partial charge is 0.0503 e. The highest BCUT2D eigenvalue weighted by Crippen LogP contribution is 2.44. The second kappa shape index (κ2) is 6.34. The summed E-state index contributed by atoms with van der Waals surface area (Å²) in [5, 5.41) is 4.47. The molecule has 1 atom stereocenters. The molecule has 20 heavy (non-hydrogen) atoms. The molecule has 3 rings (SSSR count). The maximum atomic E-state index is 6.38. The SMILES string of the molecule is CCNC(c1ccc(-c2ccc(I)cc2Cl)s1)C1CC1. The lowest BCUT2D eigenvalue weighted by Gasteiger charge is -2.15. The molecule has 1 aliphatic rings. The highest BCUT2D eigenvalue weighted by atomic mass is 127. The Bertz CT molecular complexity index is 606. The third kappa shape index (κ3) is 3.21. The molecular formula is C16H17ClINS. The third-order valence-corrected chi connectivity index (χ3v) is 5.83. The monoisotopic (exact) mass is 417 g/mol. The van der Waals surface area contributed by atoms with Gasteiger partial charge >= 0.3 is 0 Å². The molecule has 1 N–H and O–H groups in total. The molecule has 1 aliphatic carbocycles. The Balaban J connectivity index is 1.89. The van der Waals surface area contributed by atoms with Crippen molar-refractivity contribution in [2.45, 2.75) is 25.8 Å². The second-order valence-corrected chi connectivity index (χ2v) is 7.97. The van der Waals surface area contributed by atoms with E-state index >= 15 is 0 Å². The van der Waals surface area contributed by atoms with E-state index in [9.17, 15) is 0 Å². The van der Waals surface area contributed by atoms with Gasteiger partial charge in [-0.1, -0.05) is 24.6 Å². The van der Waals surface area contributed by atoms with Crippen molar-refractivity contribution in [1.29, 1.82) is 0 Å². The average molecular weight is 418 g/mol. The van der Waals surface area contributed by atoms with Crippen molar-refractivity contribution >= 4 is 45.5 Å². The zero-order valence-electron chi connectivity index (χ0n) is 11.3. The van der Waals surface area contributed by atoms with Crippen LogP contribution in [-0.2, 0) is 0 Å². The van der Waals surface area contributed by atoms with E-state index in [0.717, 1.165) is 23.0 Å². The van der Waals surface area contributed by atoms with E-state index in [2.05, 4.69) is 59.1 Å².